The molecule has 1 aliphatic carbocycles. The fourth-order valence-electron chi connectivity index (χ4n) is 3.10. The van der Waals surface area contributed by atoms with Gasteiger partial charge in [0.1, 0.15) is 0 Å². The van der Waals surface area contributed by atoms with Crippen LogP contribution >= 0.6 is 11.5 Å². The zero-order valence-electron chi connectivity index (χ0n) is 11.1. The van der Waals surface area contributed by atoms with E-state index in [1.807, 2.05) is 24.3 Å². The van der Waals surface area contributed by atoms with Crippen molar-refractivity contribution in [1.29, 1.82) is 0 Å². The van der Waals surface area contributed by atoms with E-state index >= 15 is 0 Å². The Morgan fingerprint density at radius 2 is 2.05 bits per heavy atom. The predicted molar refractivity (Wildman–Crippen MR) is 79.2 cm³/mol. The molecule has 1 aliphatic rings. The van der Waals surface area contributed by atoms with Crippen LogP contribution < -0.4 is 5.56 Å². The number of hydrogen-bond donors (Lipinski definition) is 1. The summed E-state index contributed by atoms with van der Waals surface area (Å²) in [6, 6.07) is 7.55. The lowest BCUT2D eigenvalue weighted by atomic mass is 9.79. The number of nitrogens with zero attached hydrogens (tertiary/aromatic N) is 1. The molecule has 2 aromatic rings. The topological polar surface area (TPSA) is 59.3 Å². The Morgan fingerprint density at radius 3 is 2.80 bits per heavy atom. The molecule has 0 aliphatic heterocycles. The highest BCUT2D eigenvalue weighted by Crippen LogP contribution is 2.32. The molecular formula is C15H17NO3S. The minimum Gasteiger partial charge on any atom is -0.481 e. The summed E-state index contributed by atoms with van der Waals surface area (Å²) in [5, 5.41) is 10.0. The smallest absolute Gasteiger partial charge is 0.306 e. The summed E-state index contributed by atoms with van der Waals surface area (Å²) in [5.41, 5.74) is 0.0142. The van der Waals surface area contributed by atoms with Crippen molar-refractivity contribution < 1.29 is 9.90 Å². The van der Waals surface area contributed by atoms with E-state index in [-0.39, 0.29) is 17.4 Å². The number of benzene rings is 1. The van der Waals surface area contributed by atoms with Gasteiger partial charge in [-0.15, -0.1) is 0 Å². The third-order valence-electron chi connectivity index (χ3n) is 4.18. The molecule has 1 N–H and O–H groups in total. The van der Waals surface area contributed by atoms with Crippen molar-refractivity contribution in [2.45, 2.75) is 32.2 Å². The Morgan fingerprint density at radius 1 is 1.30 bits per heavy atom. The van der Waals surface area contributed by atoms with Crippen molar-refractivity contribution in [1.82, 2.24) is 3.96 Å². The van der Waals surface area contributed by atoms with Gasteiger partial charge in [0, 0.05) is 6.54 Å². The fraction of sp³-hybridized carbons (Fsp3) is 0.467. The Labute approximate surface area is 120 Å². The van der Waals surface area contributed by atoms with Crippen LogP contribution in [0.4, 0.5) is 0 Å². The number of fused-ring (bicyclic) bond motifs is 1. The molecule has 106 valence electrons. The number of aromatic nitrogens is 1. The second-order valence-corrected chi connectivity index (χ2v) is 6.51. The summed E-state index contributed by atoms with van der Waals surface area (Å²) in [6.07, 6.45) is 3.68. The monoisotopic (exact) mass is 291 g/mol. The van der Waals surface area contributed by atoms with Crippen molar-refractivity contribution in [3.05, 3.63) is 34.6 Å². The van der Waals surface area contributed by atoms with Crippen LogP contribution in [0.1, 0.15) is 25.7 Å². The van der Waals surface area contributed by atoms with E-state index in [2.05, 4.69) is 0 Å². The lowest BCUT2D eigenvalue weighted by molar-refractivity contribution is -0.145. The van der Waals surface area contributed by atoms with Crippen LogP contribution in [0.15, 0.2) is 29.1 Å². The molecule has 0 saturated heterocycles. The van der Waals surface area contributed by atoms with Crippen molar-refractivity contribution in [3.8, 4) is 0 Å². The molecular weight excluding hydrogens is 274 g/mol. The summed E-state index contributed by atoms with van der Waals surface area (Å²) >= 11 is 1.44. The number of rotatable bonds is 3. The first-order chi connectivity index (χ1) is 9.66. The number of carboxylic acid groups (broad SMARTS) is 1. The molecule has 2 atom stereocenters. The van der Waals surface area contributed by atoms with Crippen LogP contribution in [0.3, 0.4) is 0 Å². The molecule has 1 fully saturated rings. The molecule has 2 unspecified atom stereocenters. The van der Waals surface area contributed by atoms with E-state index in [1.54, 1.807) is 3.96 Å². The van der Waals surface area contributed by atoms with E-state index in [9.17, 15) is 14.7 Å². The largest absolute Gasteiger partial charge is 0.481 e. The summed E-state index contributed by atoms with van der Waals surface area (Å²) in [6.45, 7) is 0.537. The van der Waals surface area contributed by atoms with Crippen molar-refractivity contribution in [2.24, 2.45) is 11.8 Å². The van der Waals surface area contributed by atoms with Gasteiger partial charge < -0.3 is 5.11 Å². The number of hydrogen-bond acceptors (Lipinski definition) is 3. The minimum absolute atomic E-state index is 0.0142. The first-order valence-corrected chi connectivity index (χ1v) is 7.76. The molecule has 0 radical (unpaired) electrons. The van der Waals surface area contributed by atoms with Crippen molar-refractivity contribution >= 4 is 27.6 Å². The van der Waals surface area contributed by atoms with Crippen molar-refractivity contribution in [2.75, 3.05) is 0 Å². The molecule has 0 bridgehead atoms. The normalized spacial score (nSPS) is 23.0. The molecule has 4 nitrogen and oxygen atoms in total. The maximum absolute atomic E-state index is 12.3. The summed E-state index contributed by atoms with van der Waals surface area (Å²) in [7, 11) is 0. The van der Waals surface area contributed by atoms with E-state index < -0.39 is 5.97 Å². The third kappa shape index (κ3) is 2.38. The molecule has 20 heavy (non-hydrogen) atoms. The lowest BCUT2D eigenvalue weighted by Gasteiger charge is -2.28. The number of carbonyl (C=O) groups is 1. The number of carboxylic acids is 1. The van der Waals surface area contributed by atoms with Gasteiger partial charge >= 0.3 is 5.97 Å². The highest BCUT2D eigenvalue weighted by molar-refractivity contribution is 7.13. The zero-order chi connectivity index (χ0) is 14.1. The quantitative estimate of drug-likeness (QED) is 0.945. The van der Waals surface area contributed by atoms with E-state index in [0.717, 1.165) is 35.8 Å². The van der Waals surface area contributed by atoms with E-state index in [0.29, 0.717) is 6.54 Å². The molecule has 0 amide bonds. The van der Waals surface area contributed by atoms with Crippen LogP contribution in [0.5, 0.6) is 0 Å². The second-order valence-electron chi connectivity index (χ2n) is 5.44. The first kappa shape index (κ1) is 13.4. The van der Waals surface area contributed by atoms with Gasteiger partial charge in [0.15, 0.2) is 0 Å². The Hall–Kier alpha value is -1.62. The van der Waals surface area contributed by atoms with E-state index in [4.69, 9.17) is 0 Å². The average molecular weight is 291 g/mol. The third-order valence-corrected chi connectivity index (χ3v) is 5.27. The number of aliphatic carboxylic acids is 1. The van der Waals surface area contributed by atoms with Gasteiger partial charge in [-0.2, -0.15) is 0 Å². The maximum atomic E-state index is 12.3. The minimum atomic E-state index is -0.719. The molecule has 1 aromatic heterocycles. The van der Waals surface area contributed by atoms with Crippen LogP contribution in [-0.4, -0.2) is 15.0 Å². The van der Waals surface area contributed by atoms with Crippen LogP contribution in [0.2, 0.25) is 0 Å². The standard InChI is InChI=1S/C15H17NO3S/c17-14-12-7-3-4-8-13(12)20-16(14)9-10-5-1-2-6-11(10)15(18)19/h3-4,7-8,10-11H,1-2,5-6,9H2,(H,18,19). The average Bonchev–Trinajstić information content (AvgIpc) is 2.76. The van der Waals surface area contributed by atoms with Gasteiger partial charge in [-0.3, -0.25) is 13.5 Å². The van der Waals surface area contributed by atoms with Gasteiger partial charge in [0.2, 0.25) is 0 Å². The second kappa shape index (κ2) is 5.40. The highest BCUT2D eigenvalue weighted by atomic mass is 32.1. The van der Waals surface area contributed by atoms with Gasteiger partial charge in [-0.25, -0.2) is 0 Å². The summed E-state index contributed by atoms with van der Waals surface area (Å²) in [4.78, 5) is 23.6. The molecule has 1 heterocycles. The molecule has 5 heteroatoms. The Bertz CT molecular complexity index is 688. The lowest BCUT2D eigenvalue weighted by Crippen LogP contribution is -2.31. The molecule has 1 saturated carbocycles. The first-order valence-electron chi connectivity index (χ1n) is 6.98. The van der Waals surface area contributed by atoms with Crippen LogP contribution in [0.25, 0.3) is 10.1 Å². The van der Waals surface area contributed by atoms with Crippen LogP contribution in [-0.2, 0) is 11.3 Å². The van der Waals surface area contributed by atoms with Gasteiger partial charge in [-0.1, -0.05) is 36.5 Å². The fourth-order valence-corrected chi connectivity index (χ4v) is 4.18. The predicted octanol–water partition coefficient (Wildman–Crippen LogP) is 2.95. The van der Waals surface area contributed by atoms with Gasteiger partial charge in [-0.05, 0) is 30.9 Å². The highest BCUT2D eigenvalue weighted by Gasteiger charge is 2.31. The molecule has 3 rings (SSSR count). The van der Waals surface area contributed by atoms with Crippen molar-refractivity contribution in [3.63, 3.8) is 0 Å². The van der Waals surface area contributed by atoms with Crippen LogP contribution in [0, 0.1) is 11.8 Å². The summed E-state index contributed by atoms with van der Waals surface area (Å²) < 4.78 is 2.71. The molecule has 1 aromatic carbocycles. The van der Waals surface area contributed by atoms with E-state index in [1.165, 1.54) is 11.5 Å². The molecule has 0 spiro atoms. The summed E-state index contributed by atoms with van der Waals surface area (Å²) in [5.74, 6) is -0.947. The Kier molecular flexibility index (Phi) is 3.61. The Balaban J connectivity index is 1.90. The maximum Gasteiger partial charge on any atom is 0.306 e. The SMILES string of the molecule is O=C(O)C1CCCCC1Cn1sc2ccccc2c1=O. The van der Waals surface area contributed by atoms with Gasteiger partial charge in [0.05, 0.1) is 16.0 Å². The zero-order valence-corrected chi connectivity index (χ0v) is 11.9. The van der Waals surface area contributed by atoms with Gasteiger partial charge in [0.25, 0.3) is 5.56 Å².